The maximum absolute atomic E-state index is 5.60. The molecule has 0 saturated heterocycles. The second-order valence-electron chi connectivity index (χ2n) is 4.76. The normalized spacial score (nSPS) is 13.1. The molecule has 4 nitrogen and oxygen atoms in total. The van der Waals surface area contributed by atoms with E-state index in [0.29, 0.717) is 0 Å². The molecule has 0 spiro atoms. The first kappa shape index (κ1) is 12.3. The van der Waals surface area contributed by atoms with Gasteiger partial charge in [-0.2, -0.15) is 0 Å². The molecular formula is C16H13N3OS. The molecule has 0 aliphatic carbocycles. The third kappa shape index (κ3) is 2.36. The fourth-order valence-corrected chi connectivity index (χ4v) is 3.16. The van der Waals surface area contributed by atoms with Crippen molar-refractivity contribution in [2.75, 3.05) is 18.5 Å². The average molecular weight is 295 g/mol. The highest BCUT2D eigenvalue weighted by molar-refractivity contribution is 7.13. The van der Waals surface area contributed by atoms with Gasteiger partial charge in [0.1, 0.15) is 17.4 Å². The van der Waals surface area contributed by atoms with Gasteiger partial charge >= 0.3 is 0 Å². The number of aromatic nitrogens is 2. The molecule has 1 aliphatic heterocycles. The summed E-state index contributed by atoms with van der Waals surface area (Å²) >= 11 is 1.65. The Labute approximate surface area is 126 Å². The number of fused-ring (bicyclic) bond motifs is 1. The van der Waals surface area contributed by atoms with E-state index < -0.39 is 0 Å². The zero-order valence-corrected chi connectivity index (χ0v) is 12.1. The minimum Gasteiger partial charge on any atom is -0.490 e. The average Bonchev–Trinajstić information content (AvgIpc) is 3.05. The molecule has 0 amide bonds. The molecule has 0 saturated carbocycles. The van der Waals surface area contributed by atoms with Crippen LogP contribution in [0.25, 0.3) is 21.8 Å². The summed E-state index contributed by atoms with van der Waals surface area (Å²) in [6.07, 6.45) is 3.57. The monoisotopic (exact) mass is 295 g/mol. The third-order valence-electron chi connectivity index (χ3n) is 3.38. The fourth-order valence-electron chi connectivity index (χ4n) is 2.34. The summed E-state index contributed by atoms with van der Waals surface area (Å²) < 4.78 is 5.60. The molecule has 1 aliphatic rings. The van der Waals surface area contributed by atoms with Crippen molar-refractivity contribution < 1.29 is 4.74 Å². The highest BCUT2D eigenvalue weighted by atomic mass is 32.1. The van der Waals surface area contributed by atoms with E-state index in [0.717, 1.165) is 46.4 Å². The summed E-state index contributed by atoms with van der Waals surface area (Å²) in [5.41, 5.74) is 4.22. The van der Waals surface area contributed by atoms with Crippen LogP contribution in [0.4, 0.5) is 5.69 Å². The van der Waals surface area contributed by atoms with Gasteiger partial charge in [-0.25, -0.2) is 4.98 Å². The molecular weight excluding hydrogens is 282 g/mol. The molecule has 1 N–H and O–H groups in total. The largest absolute Gasteiger partial charge is 0.490 e. The summed E-state index contributed by atoms with van der Waals surface area (Å²) in [7, 11) is 0. The molecule has 104 valence electrons. The number of pyridine rings is 1. The Kier molecular flexibility index (Phi) is 3.05. The van der Waals surface area contributed by atoms with Gasteiger partial charge in [-0.15, -0.1) is 11.3 Å². The van der Waals surface area contributed by atoms with Gasteiger partial charge in [0, 0.05) is 35.4 Å². The molecule has 5 heteroatoms. The lowest BCUT2D eigenvalue weighted by Gasteiger charge is -2.19. The quantitative estimate of drug-likeness (QED) is 0.783. The molecule has 0 unspecified atom stereocenters. The molecule has 3 aromatic rings. The number of rotatable bonds is 2. The molecule has 3 heterocycles. The predicted octanol–water partition coefficient (Wildman–Crippen LogP) is 3.68. The van der Waals surface area contributed by atoms with E-state index in [1.807, 2.05) is 18.2 Å². The van der Waals surface area contributed by atoms with Crippen molar-refractivity contribution in [3.63, 3.8) is 0 Å². The number of thiazole rings is 1. The van der Waals surface area contributed by atoms with E-state index in [2.05, 4.69) is 27.8 Å². The first-order chi connectivity index (χ1) is 10.4. The highest BCUT2D eigenvalue weighted by Crippen LogP contribution is 2.34. The van der Waals surface area contributed by atoms with Gasteiger partial charge in [-0.05, 0) is 30.3 Å². The Morgan fingerprint density at radius 2 is 2.00 bits per heavy atom. The Morgan fingerprint density at radius 3 is 2.90 bits per heavy atom. The minimum absolute atomic E-state index is 0.718. The minimum atomic E-state index is 0.718. The number of nitrogens with one attached hydrogen (secondary N) is 1. The number of anilines is 1. The van der Waals surface area contributed by atoms with Gasteiger partial charge < -0.3 is 10.1 Å². The first-order valence-electron chi connectivity index (χ1n) is 6.77. The van der Waals surface area contributed by atoms with Crippen LogP contribution in [0.2, 0.25) is 0 Å². The van der Waals surface area contributed by atoms with Crippen LogP contribution >= 0.6 is 11.3 Å². The van der Waals surface area contributed by atoms with Crippen LogP contribution in [-0.4, -0.2) is 23.1 Å². The molecule has 0 radical (unpaired) electrons. The fraction of sp³-hybridized carbons (Fsp3) is 0.125. The SMILES string of the molecule is c1cc(-c2csc(-c3ccc4c(c3)NCCO4)n2)ccn1. The topological polar surface area (TPSA) is 47.0 Å². The van der Waals surface area contributed by atoms with Crippen molar-refractivity contribution in [1.29, 1.82) is 0 Å². The van der Waals surface area contributed by atoms with Crippen molar-refractivity contribution in [3.8, 4) is 27.6 Å². The lowest BCUT2D eigenvalue weighted by atomic mass is 10.1. The summed E-state index contributed by atoms with van der Waals surface area (Å²) in [5.74, 6) is 0.913. The number of nitrogens with zero attached hydrogens (tertiary/aromatic N) is 2. The molecule has 1 aromatic carbocycles. The van der Waals surface area contributed by atoms with Gasteiger partial charge in [0.15, 0.2) is 0 Å². The van der Waals surface area contributed by atoms with E-state index in [9.17, 15) is 0 Å². The zero-order chi connectivity index (χ0) is 14.1. The third-order valence-corrected chi connectivity index (χ3v) is 4.27. The van der Waals surface area contributed by atoms with Crippen LogP contribution in [0.15, 0.2) is 48.1 Å². The predicted molar refractivity (Wildman–Crippen MR) is 84.8 cm³/mol. The van der Waals surface area contributed by atoms with Crippen molar-refractivity contribution in [2.45, 2.75) is 0 Å². The first-order valence-corrected chi connectivity index (χ1v) is 7.65. The second kappa shape index (κ2) is 5.18. The molecule has 0 atom stereocenters. The highest BCUT2D eigenvalue weighted by Gasteiger charge is 2.12. The van der Waals surface area contributed by atoms with E-state index in [1.165, 1.54) is 0 Å². The van der Waals surface area contributed by atoms with Crippen LogP contribution in [0, 0.1) is 0 Å². The lowest BCUT2D eigenvalue weighted by molar-refractivity contribution is 0.323. The maximum atomic E-state index is 5.60. The van der Waals surface area contributed by atoms with E-state index in [-0.39, 0.29) is 0 Å². The summed E-state index contributed by atoms with van der Waals surface area (Å²) in [6.45, 7) is 1.56. The van der Waals surface area contributed by atoms with E-state index >= 15 is 0 Å². The Morgan fingerprint density at radius 1 is 1.10 bits per heavy atom. The van der Waals surface area contributed by atoms with Crippen molar-refractivity contribution in [1.82, 2.24) is 9.97 Å². The number of benzene rings is 1. The van der Waals surface area contributed by atoms with Crippen LogP contribution < -0.4 is 10.1 Å². The van der Waals surface area contributed by atoms with Crippen LogP contribution in [-0.2, 0) is 0 Å². The van der Waals surface area contributed by atoms with Gasteiger partial charge in [0.2, 0.25) is 0 Å². The van der Waals surface area contributed by atoms with Gasteiger partial charge in [0.25, 0.3) is 0 Å². The van der Waals surface area contributed by atoms with Gasteiger partial charge in [-0.1, -0.05) is 0 Å². The van der Waals surface area contributed by atoms with Crippen LogP contribution in [0.1, 0.15) is 0 Å². The Bertz CT molecular complexity index is 770. The van der Waals surface area contributed by atoms with Crippen LogP contribution in [0.5, 0.6) is 5.75 Å². The Hall–Kier alpha value is -2.40. The summed E-state index contributed by atoms with van der Waals surface area (Å²) in [4.78, 5) is 8.76. The summed E-state index contributed by atoms with van der Waals surface area (Å²) in [5, 5.41) is 6.44. The molecule has 0 bridgehead atoms. The zero-order valence-electron chi connectivity index (χ0n) is 11.2. The number of ether oxygens (including phenoxy) is 1. The van der Waals surface area contributed by atoms with Gasteiger partial charge in [-0.3, -0.25) is 4.98 Å². The lowest BCUT2D eigenvalue weighted by Crippen LogP contribution is -2.17. The van der Waals surface area contributed by atoms with E-state index in [1.54, 1.807) is 23.7 Å². The smallest absolute Gasteiger partial charge is 0.142 e. The molecule has 4 rings (SSSR count). The van der Waals surface area contributed by atoms with Gasteiger partial charge in [0.05, 0.1) is 11.4 Å². The van der Waals surface area contributed by atoms with Crippen LogP contribution in [0.3, 0.4) is 0 Å². The summed E-state index contributed by atoms with van der Waals surface area (Å²) in [6, 6.07) is 10.1. The Balaban J connectivity index is 1.70. The van der Waals surface area contributed by atoms with Crippen molar-refractivity contribution >= 4 is 17.0 Å². The number of hydrogen-bond donors (Lipinski definition) is 1. The van der Waals surface area contributed by atoms with E-state index in [4.69, 9.17) is 9.72 Å². The molecule has 2 aromatic heterocycles. The van der Waals surface area contributed by atoms with Crippen molar-refractivity contribution in [2.24, 2.45) is 0 Å². The maximum Gasteiger partial charge on any atom is 0.142 e. The standard InChI is InChI=1S/C16H13N3OS/c1-2-15-13(18-7-8-20-15)9-12(1)16-19-14(10-21-16)11-3-5-17-6-4-11/h1-6,9-10,18H,7-8H2. The molecule has 0 fully saturated rings. The van der Waals surface area contributed by atoms with Crippen molar-refractivity contribution in [3.05, 3.63) is 48.1 Å². The molecule has 21 heavy (non-hydrogen) atoms. The number of hydrogen-bond acceptors (Lipinski definition) is 5. The second-order valence-corrected chi connectivity index (χ2v) is 5.62.